The van der Waals surface area contributed by atoms with Gasteiger partial charge in [-0.2, -0.15) is 11.8 Å². The van der Waals surface area contributed by atoms with Crippen LogP contribution in [-0.4, -0.2) is 31.8 Å². The van der Waals surface area contributed by atoms with Gasteiger partial charge in [0.05, 0.1) is 14.2 Å². The number of hydrogen-bond donors (Lipinski definition) is 1. The summed E-state index contributed by atoms with van der Waals surface area (Å²) in [4.78, 5) is 0. The Morgan fingerprint density at radius 1 is 1.21 bits per heavy atom. The fourth-order valence-corrected chi connectivity index (χ4v) is 3.79. The first kappa shape index (κ1) is 14.4. The quantitative estimate of drug-likeness (QED) is 0.912. The van der Waals surface area contributed by atoms with Crippen molar-refractivity contribution in [1.29, 1.82) is 0 Å². The van der Waals surface area contributed by atoms with E-state index in [1.165, 1.54) is 12.2 Å². The molecule has 0 bridgehead atoms. The van der Waals surface area contributed by atoms with Crippen LogP contribution in [0.3, 0.4) is 0 Å². The standard InChI is InChI=1S/C15H23NO2S/c1-15(2)8-12(9-19-10-15)16-11-5-6-13(17-3)14(7-11)18-4/h5-7,12,16H,8-10H2,1-4H3. The molecule has 2 rings (SSSR count). The third-order valence-electron chi connectivity index (χ3n) is 3.37. The summed E-state index contributed by atoms with van der Waals surface area (Å²) in [6, 6.07) is 6.52. The van der Waals surface area contributed by atoms with Gasteiger partial charge in [0.15, 0.2) is 11.5 Å². The summed E-state index contributed by atoms with van der Waals surface area (Å²) >= 11 is 2.03. The number of hydrogen-bond acceptors (Lipinski definition) is 4. The van der Waals surface area contributed by atoms with Gasteiger partial charge in [-0.15, -0.1) is 0 Å². The first-order valence-corrected chi connectivity index (χ1v) is 7.76. The minimum absolute atomic E-state index is 0.414. The Kier molecular flexibility index (Phi) is 4.50. The second-order valence-corrected chi connectivity index (χ2v) is 6.82. The molecule has 1 aromatic carbocycles. The maximum Gasteiger partial charge on any atom is 0.162 e. The topological polar surface area (TPSA) is 30.5 Å². The van der Waals surface area contributed by atoms with Crippen LogP contribution in [0.15, 0.2) is 18.2 Å². The molecule has 1 heterocycles. The summed E-state index contributed by atoms with van der Waals surface area (Å²) in [6.45, 7) is 4.67. The highest BCUT2D eigenvalue weighted by atomic mass is 32.2. The lowest BCUT2D eigenvalue weighted by Gasteiger charge is -2.35. The smallest absolute Gasteiger partial charge is 0.162 e. The van der Waals surface area contributed by atoms with E-state index in [9.17, 15) is 0 Å². The Labute approximate surface area is 120 Å². The fourth-order valence-electron chi connectivity index (χ4n) is 2.52. The molecule has 0 amide bonds. The molecule has 106 valence electrons. The molecule has 1 N–H and O–H groups in total. The van der Waals surface area contributed by atoms with Crippen LogP contribution < -0.4 is 14.8 Å². The highest BCUT2D eigenvalue weighted by Gasteiger charge is 2.28. The van der Waals surface area contributed by atoms with E-state index in [4.69, 9.17) is 9.47 Å². The number of thioether (sulfide) groups is 1. The van der Waals surface area contributed by atoms with Crippen LogP contribution in [-0.2, 0) is 0 Å². The highest BCUT2D eigenvalue weighted by Crippen LogP contribution is 2.36. The highest BCUT2D eigenvalue weighted by molar-refractivity contribution is 7.99. The first-order chi connectivity index (χ1) is 9.04. The van der Waals surface area contributed by atoms with E-state index in [0.29, 0.717) is 11.5 Å². The minimum Gasteiger partial charge on any atom is -0.493 e. The Morgan fingerprint density at radius 3 is 2.58 bits per heavy atom. The van der Waals surface area contributed by atoms with Crippen molar-refractivity contribution in [3.8, 4) is 11.5 Å². The molecule has 1 saturated heterocycles. The van der Waals surface area contributed by atoms with Crippen molar-refractivity contribution >= 4 is 17.4 Å². The van der Waals surface area contributed by atoms with Gasteiger partial charge in [0, 0.05) is 23.5 Å². The fraction of sp³-hybridized carbons (Fsp3) is 0.600. The average Bonchev–Trinajstić information content (AvgIpc) is 2.37. The van der Waals surface area contributed by atoms with E-state index in [2.05, 4.69) is 19.2 Å². The van der Waals surface area contributed by atoms with E-state index in [-0.39, 0.29) is 0 Å². The second-order valence-electron chi connectivity index (χ2n) is 5.79. The van der Waals surface area contributed by atoms with Crippen molar-refractivity contribution in [3.05, 3.63) is 18.2 Å². The largest absolute Gasteiger partial charge is 0.493 e. The van der Waals surface area contributed by atoms with E-state index in [1.807, 2.05) is 30.0 Å². The summed E-state index contributed by atoms with van der Waals surface area (Å²) in [5.74, 6) is 3.95. The van der Waals surface area contributed by atoms with Crippen LogP contribution in [0.1, 0.15) is 20.3 Å². The van der Waals surface area contributed by atoms with E-state index in [0.717, 1.165) is 22.9 Å². The lowest BCUT2D eigenvalue weighted by atomic mass is 9.88. The molecule has 1 fully saturated rings. The first-order valence-electron chi connectivity index (χ1n) is 6.60. The zero-order valence-electron chi connectivity index (χ0n) is 12.2. The van der Waals surface area contributed by atoms with E-state index < -0.39 is 0 Å². The van der Waals surface area contributed by atoms with Crippen molar-refractivity contribution in [2.75, 3.05) is 31.0 Å². The normalized spacial score (nSPS) is 21.8. The van der Waals surface area contributed by atoms with Gasteiger partial charge in [0.2, 0.25) is 0 Å². The number of methoxy groups -OCH3 is 2. The molecule has 1 aliphatic heterocycles. The summed E-state index contributed by atoms with van der Waals surface area (Å²) in [5, 5.41) is 3.61. The molecular formula is C15H23NO2S. The number of rotatable bonds is 4. The maximum absolute atomic E-state index is 5.34. The summed E-state index contributed by atoms with van der Waals surface area (Å²) in [5.41, 5.74) is 1.51. The number of ether oxygens (including phenoxy) is 2. The molecule has 0 spiro atoms. The monoisotopic (exact) mass is 281 g/mol. The van der Waals surface area contributed by atoms with Gasteiger partial charge < -0.3 is 14.8 Å². The summed E-state index contributed by atoms with van der Waals surface area (Å²) in [7, 11) is 3.33. The van der Waals surface area contributed by atoms with Gasteiger partial charge in [0.1, 0.15) is 0 Å². The predicted molar refractivity (Wildman–Crippen MR) is 82.7 cm³/mol. The van der Waals surface area contributed by atoms with Crippen LogP contribution in [0.25, 0.3) is 0 Å². The van der Waals surface area contributed by atoms with Crippen LogP contribution in [0, 0.1) is 5.41 Å². The summed E-state index contributed by atoms with van der Waals surface area (Å²) < 4.78 is 10.6. The van der Waals surface area contributed by atoms with Gasteiger partial charge in [-0.1, -0.05) is 13.8 Å². The maximum atomic E-state index is 5.34. The van der Waals surface area contributed by atoms with Gasteiger partial charge in [-0.05, 0) is 29.7 Å². The van der Waals surface area contributed by atoms with Gasteiger partial charge in [-0.3, -0.25) is 0 Å². The van der Waals surface area contributed by atoms with Crippen molar-refractivity contribution in [3.63, 3.8) is 0 Å². The van der Waals surface area contributed by atoms with Crippen LogP contribution in [0.4, 0.5) is 5.69 Å². The van der Waals surface area contributed by atoms with E-state index >= 15 is 0 Å². The molecule has 3 nitrogen and oxygen atoms in total. The molecule has 0 saturated carbocycles. The third kappa shape index (κ3) is 3.72. The van der Waals surface area contributed by atoms with E-state index in [1.54, 1.807) is 14.2 Å². The molecule has 0 aromatic heterocycles. The predicted octanol–water partition coefficient (Wildman–Crippen LogP) is 3.65. The Morgan fingerprint density at radius 2 is 1.95 bits per heavy atom. The molecule has 1 unspecified atom stereocenters. The molecule has 19 heavy (non-hydrogen) atoms. The lowest BCUT2D eigenvalue weighted by molar-refractivity contribution is 0.353. The zero-order chi connectivity index (χ0) is 13.9. The number of nitrogens with one attached hydrogen (secondary N) is 1. The molecular weight excluding hydrogens is 258 g/mol. The lowest BCUT2D eigenvalue weighted by Crippen LogP contribution is -2.35. The molecule has 4 heteroatoms. The van der Waals surface area contributed by atoms with Crippen molar-refractivity contribution in [2.24, 2.45) is 5.41 Å². The Bertz CT molecular complexity index is 434. The van der Waals surface area contributed by atoms with Crippen molar-refractivity contribution in [2.45, 2.75) is 26.3 Å². The van der Waals surface area contributed by atoms with Gasteiger partial charge >= 0.3 is 0 Å². The SMILES string of the molecule is COc1ccc(NC2CSCC(C)(C)C2)cc1OC. The summed E-state index contributed by atoms with van der Waals surface area (Å²) in [6.07, 6.45) is 1.20. The third-order valence-corrected chi connectivity index (χ3v) is 4.99. The number of anilines is 1. The molecule has 1 atom stereocenters. The van der Waals surface area contributed by atoms with Crippen molar-refractivity contribution in [1.82, 2.24) is 0 Å². The zero-order valence-corrected chi connectivity index (χ0v) is 13.0. The van der Waals surface area contributed by atoms with Gasteiger partial charge in [-0.25, -0.2) is 0 Å². The Hall–Kier alpha value is -1.03. The van der Waals surface area contributed by atoms with Crippen molar-refractivity contribution < 1.29 is 9.47 Å². The van der Waals surface area contributed by atoms with Gasteiger partial charge in [0.25, 0.3) is 0 Å². The molecule has 0 aliphatic carbocycles. The minimum atomic E-state index is 0.414. The average molecular weight is 281 g/mol. The molecule has 0 radical (unpaired) electrons. The molecule has 1 aliphatic rings. The van der Waals surface area contributed by atoms with Crippen LogP contribution in [0.2, 0.25) is 0 Å². The molecule has 1 aromatic rings. The van der Waals surface area contributed by atoms with Crippen LogP contribution in [0.5, 0.6) is 11.5 Å². The van der Waals surface area contributed by atoms with Crippen LogP contribution >= 0.6 is 11.8 Å². The Balaban J connectivity index is 2.06. The second kappa shape index (κ2) is 5.95. The number of benzene rings is 1.